The minimum absolute atomic E-state index is 0.104. The highest BCUT2D eigenvalue weighted by molar-refractivity contribution is 9.11. The molecule has 1 atom stereocenters. The molecule has 7 nitrogen and oxygen atoms in total. The lowest BCUT2D eigenvalue weighted by molar-refractivity contribution is 0.0697. The van der Waals surface area contributed by atoms with Crippen LogP contribution in [0.25, 0.3) is 6.08 Å². The molecule has 9 heteroatoms. The van der Waals surface area contributed by atoms with E-state index in [9.17, 15) is 19.1 Å². The van der Waals surface area contributed by atoms with Crippen molar-refractivity contribution in [3.8, 4) is 0 Å². The Labute approximate surface area is 193 Å². The molecule has 4 rings (SSSR count). The van der Waals surface area contributed by atoms with Gasteiger partial charge in [-0.05, 0) is 48.0 Å². The summed E-state index contributed by atoms with van der Waals surface area (Å²) in [6.07, 6.45) is 4.03. The Morgan fingerprint density at radius 1 is 1.41 bits per heavy atom. The SMILES string of the molecule is Cn1c(C2CCOCC2)nc2c(c1=O)C=C(Br)CC2(C)CNc1ccc(F)cc1C(=O)O. The number of hydrogen-bond donors (Lipinski definition) is 2. The Bertz CT molecular complexity index is 1160. The Morgan fingerprint density at radius 3 is 2.81 bits per heavy atom. The van der Waals surface area contributed by atoms with Gasteiger partial charge in [0, 0.05) is 43.8 Å². The van der Waals surface area contributed by atoms with Gasteiger partial charge in [-0.3, -0.25) is 9.36 Å². The number of nitrogens with zero attached hydrogens (tertiary/aromatic N) is 2. The summed E-state index contributed by atoms with van der Waals surface area (Å²) in [6, 6.07) is 3.63. The molecular formula is C23H25BrFN3O4. The highest BCUT2D eigenvalue weighted by atomic mass is 79.9. The second-order valence-corrected chi connectivity index (χ2v) is 9.68. The van der Waals surface area contributed by atoms with E-state index in [2.05, 4.69) is 21.2 Å². The normalized spacial score (nSPS) is 21.1. The second kappa shape index (κ2) is 8.78. The largest absolute Gasteiger partial charge is 0.478 e. The number of carboxylic acid groups (broad SMARTS) is 1. The Kier molecular flexibility index (Phi) is 6.22. The summed E-state index contributed by atoms with van der Waals surface area (Å²) in [7, 11) is 1.75. The fourth-order valence-electron chi connectivity index (χ4n) is 4.50. The molecular weight excluding hydrogens is 481 g/mol. The van der Waals surface area contributed by atoms with Crippen molar-refractivity contribution in [2.75, 3.05) is 25.1 Å². The van der Waals surface area contributed by atoms with Crippen LogP contribution in [-0.2, 0) is 17.2 Å². The van der Waals surface area contributed by atoms with Crippen LogP contribution in [0.3, 0.4) is 0 Å². The molecule has 1 fully saturated rings. The van der Waals surface area contributed by atoms with Crippen molar-refractivity contribution >= 4 is 33.7 Å². The van der Waals surface area contributed by atoms with Crippen molar-refractivity contribution in [2.45, 2.75) is 37.5 Å². The van der Waals surface area contributed by atoms with Crippen molar-refractivity contribution in [1.29, 1.82) is 0 Å². The van der Waals surface area contributed by atoms with Gasteiger partial charge in [-0.25, -0.2) is 14.2 Å². The van der Waals surface area contributed by atoms with Gasteiger partial charge < -0.3 is 15.2 Å². The van der Waals surface area contributed by atoms with Crippen LogP contribution < -0.4 is 10.9 Å². The Hall–Kier alpha value is -2.52. The van der Waals surface area contributed by atoms with Crippen LogP contribution in [0.5, 0.6) is 0 Å². The van der Waals surface area contributed by atoms with Gasteiger partial charge in [0.15, 0.2) is 0 Å². The summed E-state index contributed by atoms with van der Waals surface area (Å²) < 4.78 is 21.5. The minimum Gasteiger partial charge on any atom is -0.478 e. The highest BCUT2D eigenvalue weighted by Crippen LogP contribution is 2.40. The molecule has 1 aliphatic carbocycles. The van der Waals surface area contributed by atoms with Crippen LogP contribution in [0.4, 0.5) is 10.1 Å². The van der Waals surface area contributed by atoms with E-state index in [0.29, 0.717) is 43.1 Å². The zero-order valence-corrected chi connectivity index (χ0v) is 19.5. The lowest BCUT2D eigenvalue weighted by Crippen LogP contribution is -2.40. The van der Waals surface area contributed by atoms with Crippen LogP contribution >= 0.6 is 15.9 Å². The van der Waals surface area contributed by atoms with E-state index in [-0.39, 0.29) is 17.0 Å². The molecule has 170 valence electrons. The van der Waals surface area contributed by atoms with E-state index >= 15 is 0 Å². The van der Waals surface area contributed by atoms with Gasteiger partial charge in [-0.1, -0.05) is 22.9 Å². The van der Waals surface area contributed by atoms with Gasteiger partial charge in [0.25, 0.3) is 5.56 Å². The zero-order valence-electron chi connectivity index (χ0n) is 18.0. The summed E-state index contributed by atoms with van der Waals surface area (Å²) in [5.41, 5.74) is 0.716. The van der Waals surface area contributed by atoms with Gasteiger partial charge in [0.2, 0.25) is 0 Å². The number of ether oxygens (including phenoxy) is 1. The molecule has 1 unspecified atom stereocenters. The number of nitrogens with one attached hydrogen (secondary N) is 1. The molecule has 2 aromatic rings. The number of aromatic nitrogens is 2. The molecule has 32 heavy (non-hydrogen) atoms. The number of hydrogen-bond acceptors (Lipinski definition) is 5. The lowest BCUT2D eigenvalue weighted by Gasteiger charge is -2.35. The number of carbonyl (C=O) groups is 1. The minimum atomic E-state index is -1.21. The number of halogens is 2. The average Bonchev–Trinajstić information content (AvgIpc) is 2.76. The van der Waals surface area contributed by atoms with Crippen LogP contribution in [0.15, 0.2) is 27.5 Å². The predicted molar refractivity (Wildman–Crippen MR) is 123 cm³/mol. The quantitative estimate of drug-likeness (QED) is 0.637. The standard InChI is InChI=1S/C23H25BrFN3O4/c1-23(12-26-18-4-3-15(25)10-16(18)22(30)31)11-14(24)9-17-19(23)27-20(28(2)21(17)29)13-5-7-32-8-6-13/h3-4,9-10,13,26H,5-8,11-12H2,1-2H3,(H,30,31). The maximum Gasteiger partial charge on any atom is 0.337 e. The molecule has 1 saturated heterocycles. The molecule has 0 spiro atoms. The Morgan fingerprint density at radius 2 is 2.12 bits per heavy atom. The first-order valence-corrected chi connectivity index (χ1v) is 11.3. The summed E-state index contributed by atoms with van der Waals surface area (Å²) >= 11 is 3.56. The molecule has 1 aromatic heterocycles. The molecule has 2 heterocycles. The first-order valence-electron chi connectivity index (χ1n) is 10.5. The van der Waals surface area contributed by atoms with Gasteiger partial charge >= 0.3 is 5.97 Å². The Balaban J connectivity index is 1.74. The topological polar surface area (TPSA) is 93.5 Å². The maximum absolute atomic E-state index is 13.6. The smallest absolute Gasteiger partial charge is 0.337 e. The van der Waals surface area contributed by atoms with E-state index in [1.54, 1.807) is 11.6 Å². The predicted octanol–water partition coefficient (Wildman–Crippen LogP) is 4.02. The monoisotopic (exact) mass is 505 g/mol. The van der Waals surface area contributed by atoms with E-state index in [0.717, 1.165) is 29.2 Å². The fourth-order valence-corrected chi connectivity index (χ4v) is 5.34. The molecule has 1 aromatic carbocycles. The van der Waals surface area contributed by atoms with Crippen LogP contribution in [-0.4, -0.2) is 40.4 Å². The summed E-state index contributed by atoms with van der Waals surface area (Å²) in [5, 5.41) is 12.6. The van der Waals surface area contributed by atoms with Crippen molar-refractivity contribution in [3.63, 3.8) is 0 Å². The molecule has 0 amide bonds. The van der Waals surface area contributed by atoms with Gasteiger partial charge in [0.1, 0.15) is 11.6 Å². The van der Waals surface area contributed by atoms with Crippen molar-refractivity contribution in [1.82, 2.24) is 9.55 Å². The number of rotatable bonds is 5. The van der Waals surface area contributed by atoms with E-state index in [4.69, 9.17) is 9.72 Å². The first-order chi connectivity index (χ1) is 15.2. The number of fused-ring (bicyclic) bond motifs is 1. The molecule has 0 saturated carbocycles. The van der Waals surface area contributed by atoms with Crippen molar-refractivity contribution in [3.05, 3.63) is 61.5 Å². The number of carboxylic acids is 1. The summed E-state index contributed by atoms with van der Waals surface area (Å²) in [6.45, 7) is 3.61. The third-order valence-electron chi connectivity index (χ3n) is 6.26. The molecule has 0 bridgehead atoms. The van der Waals surface area contributed by atoms with Gasteiger partial charge in [-0.2, -0.15) is 0 Å². The third-order valence-corrected chi connectivity index (χ3v) is 6.77. The average molecular weight is 506 g/mol. The zero-order chi connectivity index (χ0) is 23.0. The molecule has 1 aliphatic heterocycles. The number of benzene rings is 1. The van der Waals surface area contributed by atoms with E-state index < -0.39 is 17.2 Å². The van der Waals surface area contributed by atoms with Gasteiger partial charge in [0.05, 0.1) is 16.8 Å². The van der Waals surface area contributed by atoms with Crippen molar-refractivity contribution < 1.29 is 19.0 Å². The first kappa shape index (κ1) is 22.7. The van der Waals surface area contributed by atoms with Crippen molar-refractivity contribution in [2.24, 2.45) is 7.05 Å². The maximum atomic E-state index is 13.6. The van der Waals surface area contributed by atoms with E-state index in [1.807, 2.05) is 13.0 Å². The lowest BCUT2D eigenvalue weighted by atomic mass is 9.77. The molecule has 2 N–H and O–H groups in total. The molecule has 0 radical (unpaired) electrons. The number of allylic oxidation sites excluding steroid dienone is 1. The number of aromatic carboxylic acids is 1. The highest BCUT2D eigenvalue weighted by Gasteiger charge is 2.37. The second-order valence-electron chi connectivity index (χ2n) is 8.66. The number of anilines is 1. The fraction of sp³-hybridized carbons (Fsp3) is 0.435. The van der Waals surface area contributed by atoms with Gasteiger partial charge in [-0.15, -0.1) is 0 Å². The summed E-state index contributed by atoms with van der Waals surface area (Å²) in [5.74, 6) is -0.924. The van der Waals surface area contributed by atoms with Crippen LogP contribution in [0, 0.1) is 5.82 Å². The third kappa shape index (κ3) is 4.23. The summed E-state index contributed by atoms with van der Waals surface area (Å²) in [4.78, 5) is 29.8. The van der Waals surface area contributed by atoms with Crippen LogP contribution in [0.2, 0.25) is 0 Å². The van der Waals surface area contributed by atoms with E-state index in [1.165, 1.54) is 12.1 Å². The molecule has 2 aliphatic rings. The van der Waals surface area contributed by atoms with Crippen LogP contribution in [0.1, 0.15) is 59.5 Å².